The summed E-state index contributed by atoms with van der Waals surface area (Å²) in [6.45, 7) is 0. The van der Waals surface area contributed by atoms with E-state index in [4.69, 9.17) is 5.26 Å². The van der Waals surface area contributed by atoms with E-state index in [2.05, 4.69) is 26.1 Å². The first-order valence-corrected chi connectivity index (χ1v) is 4.87. The molecule has 2 aromatic rings. The second-order valence-corrected chi connectivity index (χ2v) is 3.86. The first kappa shape index (κ1) is 11.0. The normalized spacial score (nSPS) is 11.7. The fraction of sp³-hybridized carbons (Fsp3) is 0.111. The second-order valence-electron chi connectivity index (χ2n) is 3.07. The lowest BCUT2D eigenvalue weighted by molar-refractivity contribution is -0.137. The molecule has 0 aliphatic rings. The number of nitrogens with one attached hydrogen (secondary N) is 1. The number of H-pyrrole nitrogens is 1. The van der Waals surface area contributed by atoms with Crippen LogP contribution in [0, 0.1) is 11.3 Å². The maximum atomic E-state index is 12.5. The topological polar surface area (TPSA) is 52.5 Å². The summed E-state index contributed by atoms with van der Waals surface area (Å²) in [5.41, 5.74) is -0.834. The van der Waals surface area contributed by atoms with Gasteiger partial charge in [-0.05, 0) is 28.1 Å². The van der Waals surface area contributed by atoms with Crippen LogP contribution in [0.4, 0.5) is 13.2 Å². The Hall–Kier alpha value is -1.55. The van der Waals surface area contributed by atoms with Gasteiger partial charge in [0.2, 0.25) is 0 Å². The van der Waals surface area contributed by atoms with Gasteiger partial charge in [-0.1, -0.05) is 0 Å². The monoisotopic (exact) mass is 289 g/mol. The highest BCUT2D eigenvalue weighted by atomic mass is 79.9. The summed E-state index contributed by atoms with van der Waals surface area (Å²) in [7, 11) is 0. The molecule has 16 heavy (non-hydrogen) atoms. The van der Waals surface area contributed by atoms with Crippen molar-refractivity contribution >= 4 is 26.8 Å². The van der Waals surface area contributed by atoms with Gasteiger partial charge in [-0.3, -0.25) is 5.10 Å². The summed E-state index contributed by atoms with van der Waals surface area (Å²) >= 11 is 3.08. The maximum absolute atomic E-state index is 12.5. The van der Waals surface area contributed by atoms with Gasteiger partial charge in [0.05, 0.1) is 28.1 Å². The molecule has 0 saturated heterocycles. The van der Waals surface area contributed by atoms with Gasteiger partial charge in [0.1, 0.15) is 4.60 Å². The van der Waals surface area contributed by atoms with E-state index in [-0.39, 0.29) is 11.1 Å². The lowest BCUT2D eigenvalue weighted by Gasteiger charge is -2.06. The van der Waals surface area contributed by atoms with Gasteiger partial charge in [0.25, 0.3) is 0 Å². The summed E-state index contributed by atoms with van der Waals surface area (Å²) in [5, 5.41) is 15.3. The van der Waals surface area contributed by atoms with E-state index >= 15 is 0 Å². The third-order valence-electron chi connectivity index (χ3n) is 2.06. The summed E-state index contributed by atoms with van der Waals surface area (Å²) in [6, 6.07) is 3.43. The number of alkyl halides is 3. The highest BCUT2D eigenvalue weighted by molar-refractivity contribution is 9.10. The van der Waals surface area contributed by atoms with E-state index in [1.807, 2.05) is 0 Å². The molecule has 2 rings (SSSR count). The molecule has 1 aromatic carbocycles. The van der Waals surface area contributed by atoms with Crippen LogP contribution in [0.15, 0.2) is 16.7 Å². The zero-order valence-electron chi connectivity index (χ0n) is 7.56. The number of benzene rings is 1. The van der Waals surface area contributed by atoms with Crippen molar-refractivity contribution in [3.05, 3.63) is 27.9 Å². The predicted molar refractivity (Wildman–Crippen MR) is 53.5 cm³/mol. The molecular weight excluding hydrogens is 287 g/mol. The zero-order valence-corrected chi connectivity index (χ0v) is 9.15. The molecule has 0 saturated carbocycles. The van der Waals surface area contributed by atoms with Crippen LogP contribution in [0.25, 0.3) is 10.9 Å². The van der Waals surface area contributed by atoms with Crippen molar-refractivity contribution in [3.8, 4) is 6.07 Å². The molecule has 7 heteroatoms. The molecular formula is C9H3BrF3N3. The molecule has 1 aromatic heterocycles. The van der Waals surface area contributed by atoms with Gasteiger partial charge >= 0.3 is 6.18 Å². The molecule has 3 nitrogen and oxygen atoms in total. The lowest BCUT2D eigenvalue weighted by Crippen LogP contribution is -2.05. The largest absolute Gasteiger partial charge is 0.416 e. The fourth-order valence-electron chi connectivity index (χ4n) is 1.36. The van der Waals surface area contributed by atoms with Crippen LogP contribution in [0.5, 0.6) is 0 Å². The van der Waals surface area contributed by atoms with E-state index in [1.54, 1.807) is 6.07 Å². The number of rotatable bonds is 0. The van der Waals surface area contributed by atoms with E-state index in [0.29, 0.717) is 9.99 Å². The van der Waals surface area contributed by atoms with Crippen LogP contribution in [-0.4, -0.2) is 10.2 Å². The van der Waals surface area contributed by atoms with E-state index in [1.165, 1.54) is 0 Å². The molecule has 0 bridgehead atoms. The van der Waals surface area contributed by atoms with Gasteiger partial charge in [0, 0.05) is 0 Å². The minimum atomic E-state index is -4.48. The lowest BCUT2D eigenvalue weighted by atomic mass is 10.1. The average molecular weight is 290 g/mol. The minimum absolute atomic E-state index is 0.0644. The van der Waals surface area contributed by atoms with Crippen molar-refractivity contribution in [1.82, 2.24) is 10.2 Å². The van der Waals surface area contributed by atoms with Crippen LogP contribution in [0.3, 0.4) is 0 Å². The van der Waals surface area contributed by atoms with Gasteiger partial charge < -0.3 is 0 Å². The number of fused-ring (bicyclic) bond motifs is 1. The van der Waals surface area contributed by atoms with E-state index < -0.39 is 11.7 Å². The van der Waals surface area contributed by atoms with Crippen molar-refractivity contribution in [2.75, 3.05) is 0 Å². The number of aromatic nitrogens is 2. The van der Waals surface area contributed by atoms with E-state index in [0.717, 1.165) is 12.1 Å². The Bertz CT molecular complexity index is 594. The Morgan fingerprint density at radius 1 is 1.38 bits per heavy atom. The Labute approximate surface area is 96.0 Å². The van der Waals surface area contributed by atoms with Crippen molar-refractivity contribution in [2.45, 2.75) is 6.18 Å². The standard InChI is InChI=1S/C9H3BrF3N3/c10-8-7-4(3-14)1-5(9(11,12)13)2-6(7)15-16-8/h1-2H,(H,15,16). The average Bonchev–Trinajstić information content (AvgIpc) is 2.58. The summed E-state index contributed by atoms with van der Waals surface area (Å²) in [5.74, 6) is 0. The molecule has 0 unspecified atom stereocenters. The summed E-state index contributed by atoms with van der Waals surface area (Å²) < 4.78 is 37.8. The highest BCUT2D eigenvalue weighted by Gasteiger charge is 2.32. The van der Waals surface area contributed by atoms with Crippen LogP contribution < -0.4 is 0 Å². The number of halogens is 4. The number of nitriles is 1. The summed E-state index contributed by atoms with van der Waals surface area (Å²) in [4.78, 5) is 0. The third kappa shape index (κ3) is 1.65. The number of hydrogen-bond acceptors (Lipinski definition) is 2. The van der Waals surface area contributed by atoms with Crippen molar-refractivity contribution in [2.24, 2.45) is 0 Å². The quantitative estimate of drug-likeness (QED) is 0.810. The summed E-state index contributed by atoms with van der Waals surface area (Å²) in [6.07, 6.45) is -4.48. The molecule has 0 atom stereocenters. The SMILES string of the molecule is N#Cc1cc(C(F)(F)F)cc2n[nH]c(Br)c12. The Balaban J connectivity index is 2.81. The second kappa shape index (κ2) is 3.49. The molecule has 0 radical (unpaired) electrons. The smallest absolute Gasteiger partial charge is 0.270 e. The molecule has 0 amide bonds. The third-order valence-corrected chi connectivity index (χ3v) is 2.63. The molecule has 0 spiro atoms. The fourth-order valence-corrected chi connectivity index (χ4v) is 1.87. The van der Waals surface area contributed by atoms with Crippen molar-refractivity contribution in [1.29, 1.82) is 5.26 Å². The van der Waals surface area contributed by atoms with Crippen LogP contribution >= 0.6 is 15.9 Å². The van der Waals surface area contributed by atoms with Gasteiger partial charge in [-0.15, -0.1) is 0 Å². The molecule has 0 fully saturated rings. The Morgan fingerprint density at radius 3 is 2.62 bits per heavy atom. The minimum Gasteiger partial charge on any atom is -0.270 e. The Morgan fingerprint density at radius 2 is 2.06 bits per heavy atom. The molecule has 1 heterocycles. The maximum Gasteiger partial charge on any atom is 0.416 e. The predicted octanol–water partition coefficient (Wildman–Crippen LogP) is 3.22. The highest BCUT2D eigenvalue weighted by Crippen LogP contribution is 2.34. The van der Waals surface area contributed by atoms with Crippen LogP contribution in [-0.2, 0) is 6.18 Å². The van der Waals surface area contributed by atoms with Gasteiger partial charge in [-0.25, -0.2) is 0 Å². The zero-order chi connectivity index (χ0) is 11.9. The van der Waals surface area contributed by atoms with Crippen LogP contribution in [0.2, 0.25) is 0 Å². The van der Waals surface area contributed by atoms with Gasteiger partial charge in [0.15, 0.2) is 0 Å². The van der Waals surface area contributed by atoms with Gasteiger partial charge in [-0.2, -0.15) is 23.5 Å². The number of nitrogens with zero attached hydrogens (tertiary/aromatic N) is 2. The molecule has 0 aliphatic carbocycles. The number of aromatic amines is 1. The van der Waals surface area contributed by atoms with Crippen molar-refractivity contribution in [3.63, 3.8) is 0 Å². The first-order chi connectivity index (χ1) is 7.43. The molecule has 1 N–H and O–H groups in total. The number of hydrogen-bond donors (Lipinski definition) is 1. The Kier molecular flexibility index (Phi) is 2.39. The van der Waals surface area contributed by atoms with Crippen molar-refractivity contribution < 1.29 is 13.2 Å². The molecule has 0 aliphatic heterocycles. The first-order valence-electron chi connectivity index (χ1n) is 4.08. The van der Waals surface area contributed by atoms with Crippen LogP contribution in [0.1, 0.15) is 11.1 Å². The molecule has 82 valence electrons. The van der Waals surface area contributed by atoms with E-state index in [9.17, 15) is 13.2 Å².